The molecule has 0 aliphatic carbocycles. The van der Waals surface area contributed by atoms with Crippen molar-refractivity contribution in [1.82, 2.24) is 19.5 Å². The summed E-state index contributed by atoms with van der Waals surface area (Å²) in [6.07, 6.45) is 4.28. The SMILES string of the molecule is CC[C@H](C)n1cnc2c(N)ncnc21. The molecule has 2 N–H and O–H groups in total. The molecule has 2 aromatic rings. The van der Waals surface area contributed by atoms with E-state index in [0.717, 1.165) is 12.1 Å². The van der Waals surface area contributed by atoms with Crippen LogP contribution in [-0.2, 0) is 0 Å². The van der Waals surface area contributed by atoms with Gasteiger partial charge in [0.25, 0.3) is 0 Å². The fraction of sp³-hybridized carbons (Fsp3) is 0.444. The van der Waals surface area contributed by atoms with Gasteiger partial charge in [0.05, 0.1) is 6.33 Å². The monoisotopic (exact) mass is 191 g/mol. The number of aromatic nitrogens is 4. The molecule has 5 heteroatoms. The molecule has 0 bridgehead atoms. The van der Waals surface area contributed by atoms with Gasteiger partial charge in [-0.3, -0.25) is 0 Å². The van der Waals surface area contributed by atoms with Crippen molar-refractivity contribution in [2.45, 2.75) is 26.3 Å². The van der Waals surface area contributed by atoms with Crippen molar-refractivity contribution in [1.29, 1.82) is 0 Å². The summed E-state index contributed by atoms with van der Waals surface area (Å²) in [5, 5.41) is 0. The van der Waals surface area contributed by atoms with E-state index in [-0.39, 0.29) is 0 Å². The van der Waals surface area contributed by atoms with Crippen molar-refractivity contribution >= 4 is 17.0 Å². The first-order valence-corrected chi connectivity index (χ1v) is 4.67. The van der Waals surface area contributed by atoms with Gasteiger partial charge in [-0.15, -0.1) is 0 Å². The Hall–Kier alpha value is -1.65. The third kappa shape index (κ3) is 1.21. The Labute approximate surface area is 82.0 Å². The van der Waals surface area contributed by atoms with Crippen LogP contribution in [0.5, 0.6) is 0 Å². The van der Waals surface area contributed by atoms with E-state index in [1.165, 1.54) is 6.33 Å². The molecule has 0 aliphatic rings. The molecule has 14 heavy (non-hydrogen) atoms. The van der Waals surface area contributed by atoms with Crippen molar-refractivity contribution in [3.63, 3.8) is 0 Å². The van der Waals surface area contributed by atoms with Crippen LogP contribution in [0.4, 0.5) is 5.82 Å². The summed E-state index contributed by atoms with van der Waals surface area (Å²) in [4.78, 5) is 12.3. The van der Waals surface area contributed by atoms with Crippen molar-refractivity contribution in [3.05, 3.63) is 12.7 Å². The van der Waals surface area contributed by atoms with Gasteiger partial charge in [-0.25, -0.2) is 15.0 Å². The first kappa shape index (κ1) is 8.93. The van der Waals surface area contributed by atoms with E-state index < -0.39 is 0 Å². The molecular formula is C9H13N5. The van der Waals surface area contributed by atoms with Crippen LogP contribution >= 0.6 is 0 Å². The fourth-order valence-corrected chi connectivity index (χ4v) is 1.39. The Morgan fingerprint density at radius 2 is 2.21 bits per heavy atom. The number of rotatable bonds is 2. The third-order valence-corrected chi connectivity index (χ3v) is 2.45. The Balaban J connectivity index is 2.63. The molecule has 0 spiro atoms. The number of anilines is 1. The van der Waals surface area contributed by atoms with E-state index in [2.05, 4.69) is 28.8 Å². The van der Waals surface area contributed by atoms with Crippen LogP contribution in [0.1, 0.15) is 26.3 Å². The molecule has 0 saturated carbocycles. The van der Waals surface area contributed by atoms with E-state index in [0.29, 0.717) is 17.4 Å². The minimum Gasteiger partial charge on any atom is -0.382 e. The molecule has 2 aromatic heterocycles. The molecule has 0 unspecified atom stereocenters. The second kappa shape index (κ2) is 3.25. The lowest BCUT2D eigenvalue weighted by molar-refractivity contribution is 0.541. The molecule has 2 heterocycles. The average Bonchev–Trinajstić information content (AvgIpc) is 2.62. The topological polar surface area (TPSA) is 69.6 Å². The molecule has 2 rings (SSSR count). The highest BCUT2D eigenvalue weighted by atomic mass is 15.1. The number of nitrogens with zero attached hydrogens (tertiary/aromatic N) is 4. The lowest BCUT2D eigenvalue weighted by atomic mass is 10.2. The third-order valence-electron chi connectivity index (χ3n) is 2.45. The van der Waals surface area contributed by atoms with Gasteiger partial charge in [-0.2, -0.15) is 0 Å². The first-order valence-electron chi connectivity index (χ1n) is 4.67. The van der Waals surface area contributed by atoms with Gasteiger partial charge >= 0.3 is 0 Å². The molecule has 0 saturated heterocycles. The van der Waals surface area contributed by atoms with Gasteiger partial charge in [0.1, 0.15) is 11.8 Å². The maximum absolute atomic E-state index is 5.68. The van der Waals surface area contributed by atoms with Gasteiger partial charge in [-0.1, -0.05) is 6.92 Å². The van der Waals surface area contributed by atoms with Crippen molar-refractivity contribution < 1.29 is 0 Å². The number of fused-ring (bicyclic) bond motifs is 1. The molecule has 0 radical (unpaired) electrons. The summed E-state index contributed by atoms with van der Waals surface area (Å²) in [5.41, 5.74) is 7.18. The number of imidazole rings is 1. The zero-order valence-electron chi connectivity index (χ0n) is 8.31. The zero-order valence-corrected chi connectivity index (χ0v) is 8.31. The molecule has 0 amide bonds. The predicted octanol–water partition coefficient (Wildman–Crippen LogP) is 1.38. The van der Waals surface area contributed by atoms with Crippen molar-refractivity contribution in [2.24, 2.45) is 0 Å². The van der Waals surface area contributed by atoms with Gasteiger partial charge in [0.2, 0.25) is 0 Å². The van der Waals surface area contributed by atoms with E-state index in [4.69, 9.17) is 5.73 Å². The summed E-state index contributed by atoms with van der Waals surface area (Å²) < 4.78 is 2.02. The van der Waals surface area contributed by atoms with Crippen molar-refractivity contribution in [3.8, 4) is 0 Å². The van der Waals surface area contributed by atoms with Gasteiger partial charge in [0, 0.05) is 6.04 Å². The Morgan fingerprint density at radius 1 is 1.43 bits per heavy atom. The summed E-state index contributed by atoms with van der Waals surface area (Å²) >= 11 is 0. The van der Waals surface area contributed by atoms with Crippen LogP contribution in [0.3, 0.4) is 0 Å². The molecular weight excluding hydrogens is 178 g/mol. The van der Waals surface area contributed by atoms with Crippen LogP contribution in [0.2, 0.25) is 0 Å². The van der Waals surface area contributed by atoms with E-state index in [1.54, 1.807) is 6.33 Å². The minimum atomic E-state index is 0.384. The van der Waals surface area contributed by atoms with Crippen LogP contribution in [-0.4, -0.2) is 19.5 Å². The van der Waals surface area contributed by atoms with E-state index in [1.807, 2.05) is 4.57 Å². The maximum Gasteiger partial charge on any atom is 0.165 e. The summed E-state index contributed by atoms with van der Waals surface area (Å²) in [6.45, 7) is 4.25. The zero-order chi connectivity index (χ0) is 10.1. The normalized spacial score (nSPS) is 13.3. The average molecular weight is 191 g/mol. The quantitative estimate of drug-likeness (QED) is 0.778. The summed E-state index contributed by atoms with van der Waals surface area (Å²) in [6, 6.07) is 0.384. The first-order chi connectivity index (χ1) is 6.74. The Kier molecular flexibility index (Phi) is 2.07. The highest BCUT2D eigenvalue weighted by Crippen LogP contribution is 2.19. The second-order valence-corrected chi connectivity index (χ2v) is 3.34. The Bertz CT molecular complexity index is 447. The highest BCUT2D eigenvalue weighted by Gasteiger charge is 2.10. The largest absolute Gasteiger partial charge is 0.382 e. The minimum absolute atomic E-state index is 0.384. The van der Waals surface area contributed by atoms with Crippen LogP contribution in [0.15, 0.2) is 12.7 Å². The van der Waals surface area contributed by atoms with E-state index >= 15 is 0 Å². The number of nitrogen functional groups attached to an aromatic ring is 1. The lowest BCUT2D eigenvalue weighted by Gasteiger charge is -2.10. The molecule has 1 atom stereocenters. The predicted molar refractivity (Wildman–Crippen MR) is 54.7 cm³/mol. The maximum atomic E-state index is 5.68. The lowest BCUT2D eigenvalue weighted by Crippen LogP contribution is -2.03. The molecule has 0 aliphatic heterocycles. The smallest absolute Gasteiger partial charge is 0.165 e. The fourth-order valence-electron chi connectivity index (χ4n) is 1.39. The molecule has 74 valence electrons. The van der Waals surface area contributed by atoms with Crippen LogP contribution < -0.4 is 5.73 Å². The van der Waals surface area contributed by atoms with Gasteiger partial charge < -0.3 is 10.3 Å². The van der Waals surface area contributed by atoms with Gasteiger partial charge in [-0.05, 0) is 13.3 Å². The van der Waals surface area contributed by atoms with Crippen LogP contribution in [0.25, 0.3) is 11.2 Å². The van der Waals surface area contributed by atoms with Crippen molar-refractivity contribution in [2.75, 3.05) is 5.73 Å². The Morgan fingerprint density at radius 3 is 2.93 bits per heavy atom. The molecule has 5 nitrogen and oxygen atoms in total. The summed E-state index contributed by atoms with van der Waals surface area (Å²) in [5.74, 6) is 0.442. The number of nitrogens with two attached hydrogens (primary N) is 1. The van der Waals surface area contributed by atoms with Gasteiger partial charge in [0.15, 0.2) is 11.5 Å². The summed E-state index contributed by atoms with van der Waals surface area (Å²) in [7, 11) is 0. The number of hydrogen-bond acceptors (Lipinski definition) is 4. The second-order valence-electron chi connectivity index (χ2n) is 3.34. The van der Waals surface area contributed by atoms with E-state index in [9.17, 15) is 0 Å². The molecule has 0 aromatic carbocycles. The molecule has 0 fully saturated rings. The highest BCUT2D eigenvalue weighted by molar-refractivity contribution is 5.81. The number of hydrogen-bond donors (Lipinski definition) is 1. The van der Waals surface area contributed by atoms with Crippen LogP contribution in [0, 0.1) is 0 Å². The standard InChI is InChI=1S/C9H13N5/c1-3-6(2)14-5-13-7-8(10)11-4-12-9(7)14/h4-6H,3H2,1-2H3,(H2,10,11,12)/t6-/m0/s1.